The van der Waals surface area contributed by atoms with E-state index in [0.29, 0.717) is 0 Å². The van der Waals surface area contributed by atoms with Gasteiger partial charge >= 0.3 is 0 Å². The smallest absolute Gasteiger partial charge is 0.0167 e. The van der Waals surface area contributed by atoms with E-state index in [1.165, 1.54) is 45.1 Å². The minimum absolute atomic E-state index is 1.14. The molecule has 0 bridgehead atoms. The average Bonchev–Trinajstić information content (AvgIpc) is 2.15. The molecule has 0 aliphatic heterocycles. The maximum atomic E-state index is 3.53. The van der Waals surface area contributed by atoms with Gasteiger partial charge in [0.25, 0.3) is 0 Å². The first-order chi connectivity index (χ1) is 6.34. The first-order valence-electron chi connectivity index (χ1n) is 5.72. The van der Waals surface area contributed by atoms with Gasteiger partial charge in [-0.3, -0.25) is 0 Å². The standard InChI is InChI=1S/C12H23N/c1-3-4-9-13-10-12-8-6-5-7-11(12)2/h13H,3-10H2,1-2H3. The van der Waals surface area contributed by atoms with Crippen molar-refractivity contribution in [3.8, 4) is 0 Å². The molecule has 0 atom stereocenters. The fourth-order valence-corrected chi connectivity index (χ4v) is 1.90. The summed E-state index contributed by atoms with van der Waals surface area (Å²) in [7, 11) is 0. The molecule has 0 amide bonds. The van der Waals surface area contributed by atoms with Gasteiger partial charge in [-0.15, -0.1) is 0 Å². The highest BCUT2D eigenvalue weighted by Crippen LogP contribution is 2.23. The van der Waals surface area contributed by atoms with Gasteiger partial charge in [-0.2, -0.15) is 0 Å². The fourth-order valence-electron chi connectivity index (χ4n) is 1.90. The second-order valence-corrected chi connectivity index (χ2v) is 4.12. The van der Waals surface area contributed by atoms with Gasteiger partial charge in [0.2, 0.25) is 0 Å². The van der Waals surface area contributed by atoms with E-state index >= 15 is 0 Å². The summed E-state index contributed by atoms with van der Waals surface area (Å²) in [5.41, 5.74) is 3.33. The zero-order valence-corrected chi connectivity index (χ0v) is 9.16. The van der Waals surface area contributed by atoms with Crippen molar-refractivity contribution < 1.29 is 0 Å². The van der Waals surface area contributed by atoms with Gasteiger partial charge in [0.05, 0.1) is 0 Å². The highest BCUT2D eigenvalue weighted by Gasteiger charge is 2.07. The zero-order valence-electron chi connectivity index (χ0n) is 9.16. The van der Waals surface area contributed by atoms with Gasteiger partial charge in [0.15, 0.2) is 0 Å². The highest BCUT2D eigenvalue weighted by atomic mass is 14.8. The van der Waals surface area contributed by atoms with Crippen LogP contribution in [0.5, 0.6) is 0 Å². The monoisotopic (exact) mass is 181 g/mol. The molecule has 1 rings (SSSR count). The molecule has 0 heterocycles. The van der Waals surface area contributed by atoms with Crippen molar-refractivity contribution >= 4 is 0 Å². The largest absolute Gasteiger partial charge is 0.313 e. The maximum absolute atomic E-state index is 3.53. The van der Waals surface area contributed by atoms with Crippen LogP contribution in [-0.4, -0.2) is 13.1 Å². The normalized spacial score (nSPS) is 18.0. The molecule has 1 nitrogen and oxygen atoms in total. The average molecular weight is 181 g/mol. The second kappa shape index (κ2) is 6.20. The predicted octanol–water partition coefficient (Wildman–Crippen LogP) is 3.27. The van der Waals surface area contributed by atoms with Crippen LogP contribution in [0.15, 0.2) is 11.1 Å². The molecular weight excluding hydrogens is 158 g/mol. The van der Waals surface area contributed by atoms with E-state index in [9.17, 15) is 0 Å². The Morgan fingerprint density at radius 1 is 1.23 bits per heavy atom. The summed E-state index contributed by atoms with van der Waals surface area (Å²) in [4.78, 5) is 0. The van der Waals surface area contributed by atoms with Gasteiger partial charge in [-0.05, 0) is 45.6 Å². The first-order valence-corrected chi connectivity index (χ1v) is 5.72. The van der Waals surface area contributed by atoms with E-state index in [2.05, 4.69) is 19.2 Å². The molecule has 1 aliphatic rings. The molecule has 0 saturated heterocycles. The quantitative estimate of drug-likeness (QED) is 0.507. The molecule has 1 aliphatic carbocycles. The molecule has 0 spiro atoms. The molecule has 0 radical (unpaired) electrons. The van der Waals surface area contributed by atoms with Gasteiger partial charge < -0.3 is 5.32 Å². The van der Waals surface area contributed by atoms with Crippen molar-refractivity contribution in [2.24, 2.45) is 0 Å². The summed E-state index contributed by atoms with van der Waals surface area (Å²) in [5, 5.41) is 3.53. The molecular formula is C12H23N. The molecule has 13 heavy (non-hydrogen) atoms. The second-order valence-electron chi connectivity index (χ2n) is 4.12. The number of allylic oxidation sites excluding steroid dienone is 1. The Kier molecular flexibility index (Phi) is 5.14. The van der Waals surface area contributed by atoms with Crippen molar-refractivity contribution in [1.29, 1.82) is 0 Å². The van der Waals surface area contributed by atoms with Crippen LogP contribution in [-0.2, 0) is 0 Å². The maximum Gasteiger partial charge on any atom is 0.0167 e. The Bertz CT molecular complexity index is 170. The molecule has 1 N–H and O–H groups in total. The van der Waals surface area contributed by atoms with Crippen LogP contribution >= 0.6 is 0 Å². The SMILES string of the molecule is CCCCNCC1=C(C)CCCC1. The van der Waals surface area contributed by atoms with Crippen LogP contribution in [0, 0.1) is 0 Å². The molecule has 0 aromatic carbocycles. The van der Waals surface area contributed by atoms with Crippen molar-refractivity contribution in [3.05, 3.63) is 11.1 Å². The lowest BCUT2D eigenvalue weighted by molar-refractivity contribution is 0.613. The van der Waals surface area contributed by atoms with Crippen molar-refractivity contribution in [2.75, 3.05) is 13.1 Å². The number of nitrogens with one attached hydrogen (secondary N) is 1. The van der Waals surface area contributed by atoms with E-state index in [1.807, 2.05) is 0 Å². The van der Waals surface area contributed by atoms with E-state index in [4.69, 9.17) is 0 Å². The lowest BCUT2D eigenvalue weighted by Gasteiger charge is -2.18. The van der Waals surface area contributed by atoms with Crippen LogP contribution in [0.4, 0.5) is 0 Å². The number of rotatable bonds is 5. The molecule has 0 saturated carbocycles. The zero-order chi connectivity index (χ0) is 9.52. The number of hydrogen-bond acceptors (Lipinski definition) is 1. The third-order valence-electron chi connectivity index (χ3n) is 2.93. The summed E-state index contributed by atoms with van der Waals surface area (Å²) < 4.78 is 0. The highest BCUT2D eigenvalue weighted by molar-refractivity contribution is 5.16. The predicted molar refractivity (Wildman–Crippen MR) is 58.9 cm³/mol. The van der Waals surface area contributed by atoms with Gasteiger partial charge in [-0.1, -0.05) is 24.5 Å². The Balaban J connectivity index is 2.19. The summed E-state index contributed by atoms with van der Waals surface area (Å²) >= 11 is 0. The lowest BCUT2D eigenvalue weighted by atomic mass is 9.93. The van der Waals surface area contributed by atoms with Crippen molar-refractivity contribution in [3.63, 3.8) is 0 Å². The minimum Gasteiger partial charge on any atom is -0.313 e. The third-order valence-corrected chi connectivity index (χ3v) is 2.93. The molecule has 1 heteroatoms. The Hall–Kier alpha value is -0.300. The minimum atomic E-state index is 1.14. The van der Waals surface area contributed by atoms with Crippen LogP contribution in [0.25, 0.3) is 0 Å². The van der Waals surface area contributed by atoms with Crippen molar-refractivity contribution in [1.82, 2.24) is 5.32 Å². The van der Waals surface area contributed by atoms with Crippen LogP contribution < -0.4 is 5.32 Å². The summed E-state index contributed by atoms with van der Waals surface area (Å²) in [6.07, 6.45) is 8.10. The number of unbranched alkanes of at least 4 members (excludes halogenated alkanes) is 1. The Morgan fingerprint density at radius 2 is 2.00 bits per heavy atom. The summed E-state index contributed by atoms with van der Waals surface area (Å²) in [5.74, 6) is 0. The number of hydrogen-bond donors (Lipinski definition) is 1. The first kappa shape index (κ1) is 10.8. The fraction of sp³-hybridized carbons (Fsp3) is 0.833. The molecule has 0 aromatic heterocycles. The Labute approximate surface area is 82.6 Å². The van der Waals surface area contributed by atoms with Gasteiger partial charge in [0, 0.05) is 6.54 Å². The Morgan fingerprint density at radius 3 is 2.69 bits per heavy atom. The molecule has 0 unspecified atom stereocenters. The molecule has 0 aromatic rings. The third kappa shape index (κ3) is 3.95. The molecule has 76 valence electrons. The van der Waals surface area contributed by atoms with Crippen LogP contribution in [0.2, 0.25) is 0 Å². The topological polar surface area (TPSA) is 12.0 Å². The van der Waals surface area contributed by atoms with E-state index in [1.54, 1.807) is 11.1 Å². The van der Waals surface area contributed by atoms with E-state index in [-0.39, 0.29) is 0 Å². The van der Waals surface area contributed by atoms with E-state index < -0.39 is 0 Å². The summed E-state index contributed by atoms with van der Waals surface area (Å²) in [6, 6.07) is 0. The van der Waals surface area contributed by atoms with E-state index in [0.717, 1.165) is 6.54 Å². The van der Waals surface area contributed by atoms with Crippen LogP contribution in [0.3, 0.4) is 0 Å². The van der Waals surface area contributed by atoms with Gasteiger partial charge in [-0.25, -0.2) is 0 Å². The summed E-state index contributed by atoms with van der Waals surface area (Å²) in [6.45, 7) is 6.88. The van der Waals surface area contributed by atoms with Crippen LogP contribution in [0.1, 0.15) is 52.4 Å². The lowest BCUT2D eigenvalue weighted by Crippen LogP contribution is -2.20. The van der Waals surface area contributed by atoms with Gasteiger partial charge in [0.1, 0.15) is 0 Å². The molecule has 0 fully saturated rings. The van der Waals surface area contributed by atoms with Crippen molar-refractivity contribution in [2.45, 2.75) is 52.4 Å².